The molecule has 0 bridgehead atoms. The molecule has 1 aromatic heterocycles. The number of benzene rings is 4. The van der Waals surface area contributed by atoms with E-state index in [2.05, 4.69) is 50.6 Å². The van der Waals surface area contributed by atoms with Crippen molar-refractivity contribution in [1.29, 1.82) is 0 Å². The molecular weight excluding hydrogens is 1440 g/mol. The minimum Gasteiger partial charge on any atom is -0.502 e. The number of carboxylic acid groups (broad SMARTS) is 1. The van der Waals surface area contributed by atoms with Crippen molar-refractivity contribution >= 4 is 31.1 Å². The Balaban J connectivity index is -0.000000251. The van der Waals surface area contributed by atoms with Gasteiger partial charge in [0.05, 0.1) is 76.8 Å². The van der Waals surface area contributed by atoms with Gasteiger partial charge in [0, 0.05) is 84.8 Å². The summed E-state index contributed by atoms with van der Waals surface area (Å²) in [4.78, 5) is 65.2. The van der Waals surface area contributed by atoms with E-state index in [0.717, 1.165) is 71.7 Å². The van der Waals surface area contributed by atoms with Crippen LogP contribution in [0.2, 0.25) is 0 Å². The zero-order valence-corrected chi connectivity index (χ0v) is 59.4. The number of ether oxygens (including phenoxy) is 5. The van der Waals surface area contributed by atoms with Crippen molar-refractivity contribution in [2.45, 2.75) is 122 Å². The van der Waals surface area contributed by atoms with Gasteiger partial charge in [0.25, 0.3) is 0 Å². The van der Waals surface area contributed by atoms with Crippen molar-refractivity contribution in [1.82, 2.24) is 9.80 Å². The standard InChI is InChI=1S/C13H17NO3.C13H19NO2.2C7H9N.C6H12O4.C6H6O4.2C6H10O4.CH4O.2CH4.IO4.Na.H2O/c15-13(16)12-6-7-14(8-9-17-12)10-11-4-2-1-3-5-11;15-11-13-6-7-14(8-9-16-13)10-12-4-2-1-3-5-12;2*8-6-7-4-2-1-3-5-7;2*7-2-4-1-5(8)6(9)3-10-4;2*7-2-1-6(5-9)10-4-3-8;1-2;;;2-1(3,4)5;;/h1-5,12H,6-10H2,(H,15,16);1-5,13,15H,6-11H2;2*1-5H,6,8H2;4-9H,1-3H2;1,3,7,9H,2H2;2*2-3,6,9H,1,4-5H2;2H,1H3;2*1H4;;;1H2/q;;;;;;;;;;;-1;+1;. The molecule has 33 heteroatoms. The molecule has 5 aromatic rings. The summed E-state index contributed by atoms with van der Waals surface area (Å²) in [5, 5.41) is 85.6. The summed E-state index contributed by atoms with van der Waals surface area (Å²) < 4.78 is 64.3. The quantitative estimate of drug-likeness (QED) is 0.0174. The van der Waals surface area contributed by atoms with Crippen LogP contribution in [-0.4, -0.2) is 233 Å². The first-order valence-electron chi connectivity index (χ1n) is 30.0. The van der Waals surface area contributed by atoms with Gasteiger partial charge in [-0.15, -0.1) is 0 Å². The van der Waals surface area contributed by atoms with Gasteiger partial charge in [-0.2, -0.15) is 0 Å². The third-order valence-electron chi connectivity index (χ3n) is 12.7. The fourth-order valence-corrected chi connectivity index (χ4v) is 7.71. The van der Waals surface area contributed by atoms with Gasteiger partial charge in [0.2, 0.25) is 5.43 Å². The molecule has 0 spiro atoms. The van der Waals surface area contributed by atoms with Crippen LogP contribution in [0, 0.1) is 0 Å². The van der Waals surface area contributed by atoms with Gasteiger partial charge in [-0.25, -0.2) is 4.79 Å². The number of aliphatic hydroxyl groups excluding tert-OH is 8. The van der Waals surface area contributed by atoms with E-state index in [1.807, 2.05) is 84.9 Å². The molecule has 0 aliphatic carbocycles. The molecule has 8 rings (SSSR count). The van der Waals surface area contributed by atoms with Crippen molar-refractivity contribution < 1.29 is 172 Å². The van der Waals surface area contributed by atoms with E-state index >= 15 is 0 Å². The van der Waals surface area contributed by atoms with Crippen LogP contribution in [0.4, 0.5) is 0 Å². The first kappa shape index (κ1) is 106. The Hall–Kier alpha value is -5.37. The van der Waals surface area contributed by atoms with Crippen LogP contribution in [0.3, 0.4) is 0 Å². The minimum absolute atomic E-state index is 0. The minimum atomic E-state index is -5.94. The zero-order chi connectivity index (χ0) is 72.2. The molecule has 100 heavy (non-hydrogen) atoms. The van der Waals surface area contributed by atoms with Gasteiger partial charge >= 0.3 is 35.5 Å². The first-order valence-corrected chi connectivity index (χ1v) is 33.5. The van der Waals surface area contributed by atoms with Crippen molar-refractivity contribution in [3.63, 3.8) is 0 Å². The largest absolute Gasteiger partial charge is 1.00 e. The number of nitrogens with zero attached hydrogens (tertiary/aromatic N) is 2. The van der Waals surface area contributed by atoms with Crippen LogP contribution < -0.4 is 80.3 Å². The maximum atomic E-state index is 10.8. The Morgan fingerprint density at radius 1 is 0.610 bits per heavy atom. The summed E-state index contributed by atoms with van der Waals surface area (Å²) in [6.45, 7) is 7.06. The average molecular weight is 1550 g/mol. The average Bonchev–Trinajstić information content (AvgIpc) is 1.30. The molecule has 7 atom stereocenters. The summed E-state index contributed by atoms with van der Waals surface area (Å²) in [5.41, 5.74) is 15.1. The Morgan fingerprint density at radius 2 is 1.00 bits per heavy atom. The number of rotatable bonds is 22. The summed E-state index contributed by atoms with van der Waals surface area (Å²) in [6.07, 6.45) is 1.89. The summed E-state index contributed by atoms with van der Waals surface area (Å²) in [5.74, 6) is -1.16. The van der Waals surface area contributed by atoms with E-state index < -0.39 is 67.8 Å². The maximum Gasteiger partial charge on any atom is 1.00 e. The molecule has 3 saturated heterocycles. The smallest absolute Gasteiger partial charge is 0.502 e. The molecule has 564 valence electrons. The molecule has 4 aromatic carbocycles. The summed E-state index contributed by atoms with van der Waals surface area (Å²) >= 11 is -5.94. The molecule has 16 N–H and O–H groups in total. The number of halogens is 1. The van der Waals surface area contributed by atoms with E-state index in [1.165, 1.54) is 22.3 Å². The van der Waals surface area contributed by atoms with Gasteiger partial charge < -0.3 is 115 Å². The van der Waals surface area contributed by atoms with Crippen molar-refractivity contribution in [2.24, 2.45) is 11.5 Å². The number of carbonyl (C=O) groups is 5. The molecule has 0 radical (unpaired) electrons. The molecule has 3 aliphatic heterocycles. The molecule has 3 fully saturated rings. The van der Waals surface area contributed by atoms with E-state index in [9.17, 15) is 28.8 Å². The molecule has 31 nitrogen and oxygen atoms in total. The third kappa shape index (κ3) is 59.2. The number of aliphatic carboxylic acids is 1. The van der Waals surface area contributed by atoms with Gasteiger partial charge in [0.1, 0.15) is 83.2 Å². The number of carbonyl (C=O) groups excluding carboxylic acids is 4. The predicted molar refractivity (Wildman–Crippen MR) is 354 cm³/mol. The molecular formula is C67H106IN4NaO27. The normalized spacial score (nSPS) is 17.2. The van der Waals surface area contributed by atoms with E-state index in [-0.39, 0.29) is 134 Å². The molecule has 0 amide bonds. The van der Waals surface area contributed by atoms with Crippen LogP contribution in [0.25, 0.3) is 0 Å². The topological polar surface area (TPSA) is 546 Å². The Morgan fingerprint density at radius 3 is 1.32 bits per heavy atom. The van der Waals surface area contributed by atoms with Crippen LogP contribution in [-0.2, 0) is 80.4 Å². The van der Waals surface area contributed by atoms with Crippen LogP contribution in [0.1, 0.15) is 75.0 Å². The number of aldehydes is 4. The van der Waals surface area contributed by atoms with Crippen molar-refractivity contribution in [2.75, 3.05) is 92.8 Å². The fraction of sp³-hybridized carbons (Fsp3) is 0.493. The molecule has 4 heterocycles. The van der Waals surface area contributed by atoms with E-state index in [4.69, 9.17) is 100.0 Å². The van der Waals surface area contributed by atoms with Crippen molar-refractivity contribution in [3.8, 4) is 5.75 Å². The second-order valence-electron chi connectivity index (χ2n) is 19.9. The molecule has 7 unspecified atom stereocenters. The monoisotopic (exact) mass is 1550 g/mol. The maximum absolute atomic E-state index is 10.8. The Kier molecular flexibility index (Phi) is 74.6. The number of aromatic hydroxyl groups is 1. The van der Waals surface area contributed by atoms with Gasteiger partial charge in [-0.05, 0) is 35.1 Å². The Labute approximate surface area is 613 Å². The number of nitrogens with two attached hydrogens (primary N) is 2. The van der Waals surface area contributed by atoms with Crippen LogP contribution in [0.15, 0.2) is 143 Å². The number of hydrogen-bond donors (Lipinski definition) is 12. The SMILES string of the molecule is C.C.CO.NCc1ccccc1.NCc1ccccc1.O.O=C(O)C1CCN(Cc2ccccc2)CCO1.O=CCOC(CO)CC=O.O=CCOC(CO)CC=O.O=c1cc(CO)occ1O.OCC1CC(O)C(O)CO1.OCC1CCN(Cc2ccccc2)CCO1.[Na+].[O-][I+3]([O-])([O-])[O-]. The van der Waals surface area contributed by atoms with E-state index in [1.54, 1.807) is 0 Å². The first-order chi connectivity index (χ1) is 46.2. The van der Waals surface area contributed by atoms with Gasteiger partial charge in [0.15, 0.2) is 11.9 Å². The second kappa shape index (κ2) is 70.7. The molecule has 0 saturated carbocycles. The van der Waals surface area contributed by atoms with Gasteiger partial charge in [-0.3, -0.25) is 28.3 Å². The number of aliphatic hydroxyl groups is 8. The van der Waals surface area contributed by atoms with Crippen molar-refractivity contribution in [3.05, 3.63) is 172 Å². The summed E-state index contributed by atoms with van der Waals surface area (Å²) in [6, 6.07) is 41.7. The number of carboxylic acids is 1. The Bertz CT molecular complexity index is 2630. The van der Waals surface area contributed by atoms with Crippen LogP contribution >= 0.6 is 0 Å². The second-order valence-corrected chi connectivity index (χ2v) is 22.1. The summed E-state index contributed by atoms with van der Waals surface area (Å²) in [7, 11) is 1.00. The zero-order valence-electron chi connectivity index (χ0n) is 55.2. The fourth-order valence-electron chi connectivity index (χ4n) is 7.71. The predicted octanol–water partition coefficient (Wildman–Crippen LogP) is -9.14. The van der Waals surface area contributed by atoms with E-state index in [0.29, 0.717) is 57.7 Å². The molecule has 3 aliphatic rings. The van der Waals surface area contributed by atoms with Crippen LogP contribution in [0.5, 0.6) is 5.75 Å². The van der Waals surface area contributed by atoms with Gasteiger partial charge in [-0.1, -0.05) is 136 Å². The third-order valence-corrected chi connectivity index (χ3v) is 12.7. The number of hydrogen-bond acceptors (Lipinski definition) is 29.